The van der Waals surface area contributed by atoms with Gasteiger partial charge in [0.25, 0.3) is 0 Å². The van der Waals surface area contributed by atoms with Crippen molar-refractivity contribution >= 4 is 24.1 Å². The van der Waals surface area contributed by atoms with Gasteiger partial charge in [0.15, 0.2) is 0 Å². The predicted molar refractivity (Wildman–Crippen MR) is 137 cm³/mol. The van der Waals surface area contributed by atoms with Crippen molar-refractivity contribution in [2.45, 2.75) is 85.1 Å². The summed E-state index contributed by atoms with van der Waals surface area (Å²) < 4.78 is 21.9. The zero-order chi connectivity index (χ0) is 28.3. The third-order valence-corrected chi connectivity index (χ3v) is 6.84. The number of likely N-dealkylation sites (N-methyl/N-ethyl adjacent to an activating group) is 2. The van der Waals surface area contributed by atoms with Crippen LogP contribution in [0.15, 0.2) is 12.2 Å². The van der Waals surface area contributed by atoms with Crippen molar-refractivity contribution in [2.75, 3.05) is 27.3 Å². The molecule has 2 amide bonds. The van der Waals surface area contributed by atoms with Gasteiger partial charge in [-0.3, -0.25) is 9.80 Å². The smallest absolute Gasteiger partial charge is 0.410 e. The summed E-state index contributed by atoms with van der Waals surface area (Å²) in [5.74, 6) is -0.620. The zero-order valence-corrected chi connectivity index (χ0v) is 23.9. The van der Waals surface area contributed by atoms with E-state index in [1.807, 2.05) is 0 Å². The van der Waals surface area contributed by atoms with E-state index in [0.717, 1.165) is 6.42 Å². The molecule has 0 unspecified atom stereocenters. The van der Waals surface area contributed by atoms with Crippen molar-refractivity contribution in [3.8, 4) is 0 Å². The second-order valence-electron chi connectivity index (χ2n) is 12.1. The van der Waals surface area contributed by atoms with Crippen LogP contribution in [0.5, 0.6) is 0 Å². The Kier molecular flexibility index (Phi) is 9.65. The lowest BCUT2D eigenvalue weighted by atomic mass is 9.84. The summed E-state index contributed by atoms with van der Waals surface area (Å²) in [5, 5.41) is 0. The molecule has 1 fully saturated rings. The lowest BCUT2D eigenvalue weighted by Crippen LogP contribution is -2.45. The van der Waals surface area contributed by atoms with Crippen LogP contribution >= 0.6 is 0 Å². The highest BCUT2D eigenvalue weighted by Crippen LogP contribution is 2.48. The molecule has 10 heteroatoms. The molecule has 10 nitrogen and oxygen atoms in total. The topological polar surface area (TPSA) is 112 Å². The molecule has 2 rings (SSSR count). The molecule has 0 radical (unpaired) electrons. The van der Waals surface area contributed by atoms with E-state index in [4.69, 9.17) is 18.9 Å². The first-order chi connectivity index (χ1) is 16.9. The molecule has 2 aliphatic rings. The number of nitrogens with zero attached hydrogens (tertiary/aromatic N) is 2. The minimum Gasteiger partial charge on any atom is -0.464 e. The number of carbonyl (C=O) groups is 4. The normalized spacial score (nSPS) is 24.2. The number of carbonyl (C=O) groups excluding carboxylic acids is 4. The Morgan fingerprint density at radius 2 is 1.05 bits per heavy atom. The molecular formula is C27H44N2O8. The highest BCUT2D eigenvalue weighted by atomic mass is 16.6. The second-order valence-corrected chi connectivity index (χ2v) is 12.1. The largest absolute Gasteiger partial charge is 0.464 e. The number of esters is 2. The molecule has 0 spiro atoms. The molecule has 2 aliphatic carbocycles. The summed E-state index contributed by atoms with van der Waals surface area (Å²) in [6, 6.07) is -1.63. The van der Waals surface area contributed by atoms with Crippen molar-refractivity contribution in [1.29, 1.82) is 0 Å². The Morgan fingerprint density at radius 3 is 1.35 bits per heavy atom. The summed E-state index contributed by atoms with van der Waals surface area (Å²) in [4.78, 5) is 52.4. The van der Waals surface area contributed by atoms with Gasteiger partial charge in [0.05, 0.1) is 13.2 Å². The van der Waals surface area contributed by atoms with Gasteiger partial charge in [0.2, 0.25) is 0 Å². The van der Waals surface area contributed by atoms with Crippen LogP contribution in [0, 0.1) is 23.7 Å². The molecule has 0 heterocycles. The van der Waals surface area contributed by atoms with E-state index >= 15 is 0 Å². The second kappa shape index (κ2) is 11.7. The van der Waals surface area contributed by atoms with Crippen LogP contribution in [0.1, 0.15) is 61.8 Å². The molecule has 0 aromatic carbocycles. The van der Waals surface area contributed by atoms with Crippen LogP contribution < -0.4 is 0 Å². The van der Waals surface area contributed by atoms with Crippen molar-refractivity contribution < 1.29 is 38.1 Å². The van der Waals surface area contributed by atoms with Gasteiger partial charge in [-0.05, 0) is 73.6 Å². The average Bonchev–Trinajstić information content (AvgIpc) is 3.38. The molecule has 0 aromatic rings. The minimum atomic E-state index is -0.815. The minimum absolute atomic E-state index is 0.00956. The van der Waals surface area contributed by atoms with Gasteiger partial charge in [-0.1, -0.05) is 12.2 Å². The number of hydrogen-bond acceptors (Lipinski definition) is 8. The molecular weight excluding hydrogens is 480 g/mol. The Morgan fingerprint density at radius 1 is 0.730 bits per heavy atom. The quantitative estimate of drug-likeness (QED) is 0.266. The summed E-state index contributed by atoms with van der Waals surface area (Å²) in [7, 11) is 3.00. The predicted octanol–water partition coefficient (Wildman–Crippen LogP) is 4.02. The fraction of sp³-hybridized carbons (Fsp3) is 0.778. The van der Waals surface area contributed by atoms with Gasteiger partial charge >= 0.3 is 24.1 Å². The van der Waals surface area contributed by atoms with Crippen molar-refractivity contribution in [3.05, 3.63) is 12.2 Å². The van der Waals surface area contributed by atoms with Crippen LogP contribution in [-0.4, -0.2) is 84.5 Å². The van der Waals surface area contributed by atoms with Crippen LogP contribution in [0.3, 0.4) is 0 Å². The molecule has 0 aliphatic heterocycles. The molecule has 2 bridgehead atoms. The lowest BCUT2D eigenvalue weighted by Gasteiger charge is -2.31. The van der Waals surface area contributed by atoms with E-state index in [-0.39, 0.29) is 36.9 Å². The number of hydrogen-bond donors (Lipinski definition) is 0. The first kappa shape index (κ1) is 30.4. The number of ether oxygens (including phenoxy) is 4. The van der Waals surface area contributed by atoms with Crippen LogP contribution in [0.25, 0.3) is 0 Å². The summed E-state index contributed by atoms with van der Waals surface area (Å²) >= 11 is 0. The van der Waals surface area contributed by atoms with Gasteiger partial charge < -0.3 is 18.9 Å². The van der Waals surface area contributed by atoms with E-state index in [1.54, 1.807) is 55.4 Å². The molecule has 37 heavy (non-hydrogen) atoms. The third-order valence-electron chi connectivity index (χ3n) is 6.84. The highest BCUT2D eigenvalue weighted by Gasteiger charge is 2.46. The Bertz CT molecular complexity index is 818. The van der Waals surface area contributed by atoms with E-state index in [0.29, 0.717) is 0 Å². The maximum absolute atomic E-state index is 12.7. The fourth-order valence-corrected chi connectivity index (χ4v) is 4.42. The van der Waals surface area contributed by atoms with Gasteiger partial charge in [-0.25, -0.2) is 19.2 Å². The molecule has 210 valence electrons. The Hall–Kier alpha value is -2.78. The van der Waals surface area contributed by atoms with Crippen LogP contribution in [0.2, 0.25) is 0 Å². The van der Waals surface area contributed by atoms with Crippen LogP contribution in [-0.2, 0) is 28.5 Å². The number of allylic oxidation sites excluding steroid dienone is 2. The van der Waals surface area contributed by atoms with Crippen molar-refractivity contribution in [3.63, 3.8) is 0 Å². The standard InChI is InChI=1S/C27H44N2O8/c1-16(28(9)24(32)36-26(3,4)5)22(30)34-14-20-18-11-12-19(13-18)21(20)15-35-23(31)17(2)29(10)25(33)37-27(6,7)8/h11-12,16-21H,13-15H2,1-10H3/t16-,17-,18-,19+,20-,21+/m0/s1. The summed E-state index contributed by atoms with van der Waals surface area (Å²) in [6.45, 7) is 14.0. The summed E-state index contributed by atoms with van der Waals surface area (Å²) in [5.41, 5.74) is -1.34. The fourth-order valence-electron chi connectivity index (χ4n) is 4.42. The van der Waals surface area contributed by atoms with Crippen molar-refractivity contribution in [2.24, 2.45) is 23.7 Å². The van der Waals surface area contributed by atoms with Crippen LogP contribution in [0.4, 0.5) is 9.59 Å². The Balaban J connectivity index is 1.91. The Labute approximate surface area is 220 Å². The summed E-state index contributed by atoms with van der Waals surface area (Å²) in [6.07, 6.45) is 3.95. The van der Waals surface area contributed by atoms with E-state index < -0.39 is 47.4 Å². The van der Waals surface area contributed by atoms with Gasteiger partial charge in [-0.15, -0.1) is 0 Å². The van der Waals surface area contributed by atoms with E-state index in [9.17, 15) is 19.2 Å². The molecule has 0 N–H and O–H groups in total. The number of rotatable bonds is 8. The molecule has 1 saturated carbocycles. The van der Waals surface area contributed by atoms with E-state index in [1.165, 1.54) is 23.9 Å². The molecule has 0 aromatic heterocycles. The SMILES string of the molecule is C[C@@H](C(=O)OC[C@@H]1[C@H](COC(=O)[C@H](C)N(C)C(=O)OC(C)(C)C)[C@@H]2C=C[C@H]1C2)N(C)C(=O)OC(C)(C)C. The first-order valence-corrected chi connectivity index (χ1v) is 12.8. The third kappa shape index (κ3) is 8.36. The molecule has 6 atom stereocenters. The van der Waals surface area contributed by atoms with E-state index in [2.05, 4.69) is 12.2 Å². The number of amides is 2. The van der Waals surface area contributed by atoms with Gasteiger partial charge in [-0.2, -0.15) is 0 Å². The average molecular weight is 525 g/mol. The van der Waals surface area contributed by atoms with Crippen molar-refractivity contribution in [1.82, 2.24) is 9.80 Å². The zero-order valence-electron chi connectivity index (χ0n) is 23.9. The maximum atomic E-state index is 12.7. The van der Waals surface area contributed by atoms with Gasteiger partial charge in [0, 0.05) is 25.9 Å². The maximum Gasteiger partial charge on any atom is 0.410 e. The number of fused-ring (bicyclic) bond motifs is 2. The lowest BCUT2D eigenvalue weighted by molar-refractivity contribution is -0.154. The highest BCUT2D eigenvalue weighted by molar-refractivity contribution is 5.81. The monoisotopic (exact) mass is 524 g/mol. The first-order valence-electron chi connectivity index (χ1n) is 12.8. The molecule has 0 saturated heterocycles. The van der Waals surface area contributed by atoms with Gasteiger partial charge in [0.1, 0.15) is 23.3 Å².